The second kappa shape index (κ2) is 4.11. The number of H-pyrrole nitrogens is 1. The van der Waals surface area contributed by atoms with Crippen LogP contribution in [-0.2, 0) is 6.54 Å². The highest BCUT2D eigenvalue weighted by molar-refractivity contribution is 4.99. The van der Waals surface area contributed by atoms with Gasteiger partial charge in [-0.15, -0.1) is 0 Å². The molecule has 14 heavy (non-hydrogen) atoms. The van der Waals surface area contributed by atoms with Crippen LogP contribution >= 0.6 is 0 Å². The molecule has 2 rings (SSSR count). The van der Waals surface area contributed by atoms with Crippen molar-refractivity contribution >= 4 is 0 Å². The molecule has 1 saturated carbocycles. The van der Waals surface area contributed by atoms with Gasteiger partial charge >= 0.3 is 0 Å². The third kappa shape index (κ3) is 2.56. The van der Waals surface area contributed by atoms with Gasteiger partial charge in [-0.25, -0.2) is 4.98 Å². The lowest BCUT2D eigenvalue weighted by atomic mass is 10.2. The summed E-state index contributed by atoms with van der Waals surface area (Å²) in [5.74, 6) is 1.48. The fourth-order valence-electron chi connectivity index (χ4n) is 1.56. The van der Waals surface area contributed by atoms with Gasteiger partial charge in [-0.2, -0.15) is 0 Å². The number of aryl methyl sites for hydroxylation is 1. The maximum Gasteiger partial charge on any atom is 0.103 e. The maximum atomic E-state index is 9.58. The van der Waals surface area contributed by atoms with E-state index in [1.165, 1.54) is 12.8 Å². The van der Waals surface area contributed by atoms with Crippen LogP contribution in [0.3, 0.4) is 0 Å². The van der Waals surface area contributed by atoms with E-state index in [1.807, 2.05) is 13.1 Å². The number of hydrogen-bond donors (Lipinski definition) is 3. The quantitative estimate of drug-likeness (QED) is 0.644. The molecule has 4 nitrogen and oxygen atoms in total. The van der Waals surface area contributed by atoms with Crippen molar-refractivity contribution in [2.24, 2.45) is 5.92 Å². The Morgan fingerprint density at radius 3 is 3.07 bits per heavy atom. The van der Waals surface area contributed by atoms with Crippen LogP contribution in [0.5, 0.6) is 0 Å². The molecule has 0 saturated heterocycles. The zero-order valence-corrected chi connectivity index (χ0v) is 8.45. The van der Waals surface area contributed by atoms with Crippen molar-refractivity contribution < 1.29 is 5.11 Å². The highest BCUT2D eigenvalue weighted by Crippen LogP contribution is 2.32. The first-order valence-corrected chi connectivity index (χ1v) is 5.15. The molecule has 78 valence electrons. The van der Waals surface area contributed by atoms with E-state index < -0.39 is 0 Å². The SMILES string of the molecule is Cc1ncc(CNCC(O)C2CC2)[nH]1. The average molecular weight is 195 g/mol. The van der Waals surface area contributed by atoms with E-state index in [-0.39, 0.29) is 6.10 Å². The summed E-state index contributed by atoms with van der Waals surface area (Å²) < 4.78 is 0. The van der Waals surface area contributed by atoms with Crippen LogP contribution in [0.2, 0.25) is 0 Å². The summed E-state index contributed by atoms with van der Waals surface area (Å²) in [6, 6.07) is 0. The molecule has 1 heterocycles. The highest BCUT2D eigenvalue weighted by atomic mass is 16.3. The lowest BCUT2D eigenvalue weighted by molar-refractivity contribution is 0.148. The second-order valence-corrected chi connectivity index (χ2v) is 4.03. The van der Waals surface area contributed by atoms with Crippen molar-refractivity contribution in [3.8, 4) is 0 Å². The predicted molar refractivity (Wildman–Crippen MR) is 53.8 cm³/mol. The zero-order chi connectivity index (χ0) is 9.97. The van der Waals surface area contributed by atoms with Gasteiger partial charge in [-0.1, -0.05) is 0 Å². The van der Waals surface area contributed by atoms with Crippen LogP contribution in [0.25, 0.3) is 0 Å². The smallest absolute Gasteiger partial charge is 0.103 e. The van der Waals surface area contributed by atoms with Gasteiger partial charge in [0.25, 0.3) is 0 Å². The molecule has 0 radical (unpaired) electrons. The molecule has 0 amide bonds. The normalized spacial score (nSPS) is 18.4. The Morgan fingerprint density at radius 1 is 1.71 bits per heavy atom. The fraction of sp³-hybridized carbons (Fsp3) is 0.700. The Kier molecular flexibility index (Phi) is 2.84. The first-order chi connectivity index (χ1) is 6.75. The summed E-state index contributed by atoms with van der Waals surface area (Å²) in [6.45, 7) is 3.37. The van der Waals surface area contributed by atoms with Crippen molar-refractivity contribution in [3.63, 3.8) is 0 Å². The predicted octanol–water partition coefficient (Wildman–Crippen LogP) is 0.579. The largest absolute Gasteiger partial charge is 0.392 e. The van der Waals surface area contributed by atoms with E-state index >= 15 is 0 Å². The number of aliphatic hydroxyl groups is 1. The van der Waals surface area contributed by atoms with E-state index in [0.717, 1.165) is 18.1 Å². The molecule has 1 aromatic heterocycles. The van der Waals surface area contributed by atoms with Gasteiger partial charge < -0.3 is 15.4 Å². The summed E-state index contributed by atoms with van der Waals surface area (Å²) in [6.07, 6.45) is 4.03. The second-order valence-electron chi connectivity index (χ2n) is 4.03. The number of imidazole rings is 1. The molecule has 0 aliphatic heterocycles. The van der Waals surface area contributed by atoms with E-state index in [9.17, 15) is 5.11 Å². The van der Waals surface area contributed by atoms with Crippen molar-refractivity contribution in [3.05, 3.63) is 17.7 Å². The molecule has 1 fully saturated rings. The third-order valence-electron chi connectivity index (χ3n) is 2.59. The minimum Gasteiger partial charge on any atom is -0.392 e. The monoisotopic (exact) mass is 195 g/mol. The topological polar surface area (TPSA) is 60.9 Å². The molecule has 1 aliphatic carbocycles. The number of rotatable bonds is 5. The van der Waals surface area contributed by atoms with Crippen LogP contribution in [0, 0.1) is 12.8 Å². The van der Waals surface area contributed by atoms with E-state index in [2.05, 4.69) is 15.3 Å². The van der Waals surface area contributed by atoms with Gasteiger partial charge in [0, 0.05) is 25.0 Å². The first kappa shape index (κ1) is 9.68. The molecule has 1 atom stereocenters. The molecule has 1 unspecified atom stereocenters. The molecule has 0 aromatic carbocycles. The van der Waals surface area contributed by atoms with Gasteiger partial charge in [-0.3, -0.25) is 0 Å². The number of nitrogens with zero attached hydrogens (tertiary/aromatic N) is 1. The van der Waals surface area contributed by atoms with Gasteiger partial charge in [-0.05, 0) is 25.7 Å². The molecule has 1 aromatic rings. The molecule has 0 spiro atoms. The van der Waals surface area contributed by atoms with Crippen LogP contribution in [-0.4, -0.2) is 27.7 Å². The summed E-state index contributed by atoms with van der Waals surface area (Å²) in [5, 5.41) is 12.8. The Labute approximate surface area is 83.8 Å². The number of aromatic nitrogens is 2. The van der Waals surface area contributed by atoms with Crippen LogP contribution in [0.15, 0.2) is 6.20 Å². The molecular weight excluding hydrogens is 178 g/mol. The highest BCUT2D eigenvalue weighted by Gasteiger charge is 2.28. The molecule has 3 N–H and O–H groups in total. The summed E-state index contributed by atoms with van der Waals surface area (Å²) in [5.41, 5.74) is 1.07. The third-order valence-corrected chi connectivity index (χ3v) is 2.59. The number of hydrogen-bond acceptors (Lipinski definition) is 3. The van der Waals surface area contributed by atoms with Crippen molar-refractivity contribution in [2.75, 3.05) is 6.54 Å². The lowest BCUT2D eigenvalue weighted by Crippen LogP contribution is -2.27. The van der Waals surface area contributed by atoms with Gasteiger partial charge in [0.2, 0.25) is 0 Å². The Bertz CT molecular complexity index is 293. The molecule has 1 aliphatic rings. The van der Waals surface area contributed by atoms with Crippen molar-refractivity contribution in [1.82, 2.24) is 15.3 Å². The van der Waals surface area contributed by atoms with Crippen molar-refractivity contribution in [2.45, 2.75) is 32.4 Å². The standard InChI is InChI=1S/C10H17N3O/c1-7-12-5-9(13-7)4-11-6-10(14)8-2-3-8/h5,8,10-11,14H,2-4,6H2,1H3,(H,12,13). The summed E-state index contributed by atoms with van der Waals surface area (Å²) in [7, 11) is 0. The lowest BCUT2D eigenvalue weighted by Gasteiger charge is -2.09. The number of nitrogens with one attached hydrogen (secondary N) is 2. The van der Waals surface area contributed by atoms with Crippen LogP contribution in [0.1, 0.15) is 24.4 Å². The maximum absolute atomic E-state index is 9.58. The molecular formula is C10H17N3O. The Balaban J connectivity index is 1.67. The fourth-order valence-corrected chi connectivity index (χ4v) is 1.56. The van der Waals surface area contributed by atoms with Crippen LogP contribution in [0.4, 0.5) is 0 Å². The Hall–Kier alpha value is -0.870. The zero-order valence-electron chi connectivity index (χ0n) is 8.45. The van der Waals surface area contributed by atoms with Gasteiger partial charge in [0.1, 0.15) is 5.82 Å². The van der Waals surface area contributed by atoms with E-state index in [0.29, 0.717) is 12.5 Å². The van der Waals surface area contributed by atoms with Gasteiger partial charge in [0.15, 0.2) is 0 Å². The van der Waals surface area contributed by atoms with Crippen molar-refractivity contribution in [1.29, 1.82) is 0 Å². The molecule has 0 bridgehead atoms. The Morgan fingerprint density at radius 2 is 2.50 bits per heavy atom. The summed E-state index contributed by atoms with van der Waals surface area (Å²) in [4.78, 5) is 7.24. The summed E-state index contributed by atoms with van der Waals surface area (Å²) >= 11 is 0. The number of aliphatic hydroxyl groups excluding tert-OH is 1. The van der Waals surface area contributed by atoms with Gasteiger partial charge in [0.05, 0.1) is 6.10 Å². The molecule has 4 heteroatoms. The minimum atomic E-state index is -0.168. The number of aromatic amines is 1. The van der Waals surface area contributed by atoms with Crippen LogP contribution < -0.4 is 5.32 Å². The first-order valence-electron chi connectivity index (χ1n) is 5.15. The average Bonchev–Trinajstić information content (AvgIpc) is 2.92. The van der Waals surface area contributed by atoms with E-state index in [1.54, 1.807) is 0 Å². The minimum absolute atomic E-state index is 0.168. The van der Waals surface area contributed by atoms with E-state index in [4.69, 9.17) is 0 Å².